The first-order valence-corrected chi connectivity index (χ1v) is 8.98. The van der Waals surface area contributed by atoms with Gasteiger partial charge in [0.25, 0.3) is 10.0 Å². The van der Waals surface area contributed by atoms with Gasteiger partial charge < -0.3 is 5.32 Å². The van der Waals surface area contributed by atoms with Crippen LogP contribution in [0.3, 0.4) is 0 Å². The number of hydrogen-bond acceptors (Lipinski definition) is 4. The van der Waals surface area contributed by atoms with Crippen LogP contribution in [0.15, 0.2) is 41.3 Å². The predicted molar refractivity (Wildman–Crippen MR) is 85.9 cm³/mol. The molecule has 1 aromatic rings. The highest BCUT2D eigenvalue weighted by Crippen LogP contribution is 2.43. The van der Waals surface area contributed by atoms with Crippen LogP contribution in [0.25, 0.3) is 0 Å². The third kappa shape index (κ3) is 3.04. The third-order valence-electron chi connectivity index (χ3n) is 4.63. The highest BCUT2D eigenvalue weighted by molar-refractivity contribution is 7.89. The van der Waals surface area contributed by atoms with Gasteiger partial charge in [0.15, 0.2) is 0 Å². The van der Waals surface area contributed by atoms with Crippen molar-refractivity contribution >= 4 is 21.6 Å². The van der Waals surface area contributed by atoms with E-state index < -0.39 is 10.0 Å². The summed E-state index contributed by atoms with van der Waals surface area (Å²) in [5, 5.41) is 2.88. The number of nitrogens with one attached hydrogen (secondary N) is 1. The van der Waals surface area contributed by atoms with E-state index in [4.69, 9.17) is 4.84 Å². The maximum absolute atomic E-state index is 12.3. The lowest BCUT2D eigenvalue weighted by Crippen LogP contribution is -2.26. The minimum atomic E-state index is -3.67. The monoisotopic (exact) mass is 336 g/mol. The van der Waals surface area contributed by atoms with E-state index in [1.807, 2.05) is 0 Å². The van der Waals surface area contributed by atoms with Crippen LogP contribution in [-0.4, -0.2) is 33.0 Å². The Morgan fingerprint density at radius 2 is 1.91 bits per heavy atom. The molecule has 2 aliphatic carbocycles. The molecule has 3 rings (SSSR count). The van der Waals surface area contributed by atoms with Crippen molar-refractivity contribution in [2.75, 3.05) is 19.5 Å². The summed E-state index contributed by atoms with van der Waals surface area (Å²) < 4.78 is 25.0. The highest BCUT2D eigenvalue weighted by Gasteiger charge is 2.39. The van der Waals surface area contributed by atoms with E-state index >= 15 is 0 Å². The standard InChI is InChI=1S/C16H20N2O4S/c1-18(22-2)23(20,21)14-7-5-13(6-8-14)17-16(19)15-10-11-3-4-12(15)9-11/h3-8,11-12,15H,9-10H2,1-2H3,(H,17,19)/t11-,12-,15+/m0/s1. The van der Waals surface area contributed by atoms with E-state index in [1.54, 1.807) is 12.1 Å². The van der Waals surface area contributed by atoms with Crippen molar-refractivity contribution in [2.24, 2.45) is 17.8 Å². The van der Waals surface area contributed by atoms with Crippen LogP contribution in [0.2, 0.25) is 0 Å². The van der Waals surface area contributed by atoms with E-state index in [9.17, 15) is 13.2 Å². The van der Waals surface area contributed by atoms with Crippen molar-refractivity contribution in [3.05, 3.63) is 36.4 Å². The summed E-state index contributed by atoms with van der Waals surface area (Å²) in [4.78, 5) is 17.2. The zero-order valence-electron chi connectivity index (χ0n) is 13.1. The number of sulfonamides is 1. The number of hydroxylamine groups is 1. The Kier molecular flexibility index (Phi) is 4.27. The number of benzene rings is 1. The molecule has 0 unspecified atom stereocenters. The number of amides is 1. The molecule has 0 aromatic heterocycles. The molecule has 2 aliphatic rings. The second kappa shape index (κ2) is 6.07. The zero-order chi connectivity index (χ0) is 16.6. The van der Waals surface area contributed by atoms with Gasteiger partial charge >= 0.3 is 0 Å². The highest BCUT2D eigenvalue weighted by atomic mass is 32.2. The lowest BCUT2D eigenvalue weighted by Gasteiger charge is -2.18. The summed E-state index contributed by atoms with van der Waals surface area (Å²) in [7, 11) is -1.05. The van der Waals surface area contributed by atoms with Gasteiger partial charge in [-0.15, -0.1) is 0 Å². The molecule has 0 aliphatic heterocycles. The first kappa shape index (κ1) is 16.2. The largest absolute Gasteiger partial charge is 0.326 e. The van der Waals surface area contributed by atoms with Gasteiger partial charge in [-0.3, -0.25) is 9.63 Å². The van der Waals surface area contributed by atoms with Crippen LogP contribution in [0.5, 0.6) is 0 Å². The molecule has 1 fully saturated rings. The van der Waals surface area contributed by atoms with E-state index in [1.165, 1.54) is 26.3 Å². The third-order valence-corrected chi connectivity index (χ3v) is 6.32. The second-order valence-electron chi connectivity index (χ2n) is 6.00. The van der Waals surface area contributed by atoms with Gasteiger partial charge in [-0.1, -0.05) is 16.6 Å². The molecule has 0 heterocycles. The maximum Gasteiger partial charge on any atom is 0.264 e. The molecule has 7 heteroatoms. The quantitative estimate of drug-likeness (QED) is 0.659. The van der Waals surface area contributed by atoms with Gasteiger partial charge in [0.2, 0.25) is 5.91 Å². The SMILES string of the molecule is CON(C)S(=O)(=O)c1ccc(NC(=O)[C@@H]2C[C@H]3C=C[C@H]2C3)cc1. The number of rotatable bonds is 5. The minimum Gasteiger partial charge on any atom is -0.326 e. The van der Waals surface area contributed by atoms with Crippen molar-refractivity contribution < 1.29 is 18.0 Å². The molecule has 2 bridgehead atoms. The van der Waals surface area contributed by atoms with Gasteiger partial charge in [0.05, 0.1) is 12.0 Å². The van der Waals surface area contributed by atoms with E-state index in [0.717, 1.165) is 17.3 Å². The fraction of sp³-hybridized carbons (Fsp3) is 0.438. The normalized spacial score (nSPS) is 26.0. The van der Waals surface area contributed by atoms with Crippen LogP contribution in [-0.2, 0) is 19.7 Å². The molecule has 1 N–H and O–H groups in total. The Bertz CT molecular complexity index is 727. The Morgan fingerprint density at radius 1 is 1.22 bits per heavy atom. The molecule has 23 heavy (non-hydrogen) atoms. The van der Waals surface area contributed by atoms with Crippen LogP contribution in [0.4, 0.5) is 5.69 Å². The summed E-state index contributed by atoms with van der Waals surface area (Å²) in [6, 6.07) is 6.11. The number of anilines is 1. The van der Waals surface area contributed by atoms with Gasteiger partial charge in [0.1, 0.15) is 0 Å². The summed E-state index contributed by atoms with van der Waals surface area (Å²) in [5.74, 6) is 0.905. The Hall–Kier alpha value is -1.70. The van der Waals surface area contributed by atoms with Crippen LogP contribution >= 0.6 is 0 Å². The Morgan fingerprint density at radius 3 is 2.43 bits per heavy atom. The predicted octanol–water partition coefficient (Wildman–Crippen LogP) is 2.02. The topological polar surface area (TPSA) is 75.7 Å². The summed E-state index contributed by atoms with van der Waals surface area (Å²) >= 11 is 0. The lowest BCUT2D eigenvalue weighted by molar-refractivity contribution is -0.120. The zero-order valence-corrected chi connectivity index (χ0v) is 13.9. The number of allylic oxidation sites excluding steroid dienone is 2. The van der Waals surface area contributed by atoms with Crippen molar-refractivity contribution in [1.82, 2.24) is 4.47 Å². The van der Waals surface area contributed by atoms with Crippen molar-refractivity contribution in [3.8, 4) is 0 Å². The number of carbonyl (C=O) groups is 1. The molecule has 0 radical (unpaired) electrons. The van der Waals surface area contributed by atoms with Crippen molar-refractivity contribution in [2.45, 2.75) is 17.7 Å². The lowest BCUT2D eigenvalue weighted by atomic mass is 9.93. The number of carbonyl (C=O) groups excluding carboxylic acids is 1. The smallest absolute Gasteiger partial charge is 0.264 e. The average molecular weight is 336 g/mol. The molecule has 1 saturated carbocycles. The van der Waals surface area contributed by atoms with Crippen molar-refractivity contribution in [1.29, 1.82) is 0 Å². The average Bonchev–Trinajstić information content (AvgIpc) is 3.17. The van der Waals surface area contributed by atoms with E-state index in [-0.39, 0.29) is 16.7 Å². The second-order valence-corrected chi connectivity index (χ2v) is 7.93. The number of hydrogen-bond donors (Lipinski definition) is 1. The maximum atomic E-state index is 12.3. The molecule has 124 valence electrons. The summed E-state index contributed by atoms with van der Waals surface area (Å²) in [6.45, 7) is 0. The fourth-order valence-electron chi connectivity index (χ4n) is 3.27. The molecule has 1 amide bonds. The Balaban J connectivity index is 1.68. The van der Waals surface area contributed by atoms with Crippen LogP contribution < -0.4 is 5.32 Å². The Labute approximate surface area is 136 Å². The molecular weight excluding hydrogens is 316 g/mol. The van der Waals surface area contributed by atoms with Crippen LogP contribution in [0.1, 0.15) is 12.8 Å². The molecule has 0 spiro atoms. The summed E-state index contributed by atoms with van der Waals surface area (Å²) in [5.41, 5.74) is 0.598. The first-order valence-electron chi connectivity index (χ1n) is 7.54. The molecule has 1 aromatic carbocycles. The minimum absolute atomic E-state index is 0.00599. The van der Waals surface area contributed by atoms with Gasteiger partial charge in [-0.25, -0.2) is 8.42 Å². The first-order chi connectivity index (χ1) is 10.9. The number of fused-ring (bicyclic) bond motifs is 2. The van der Waals surface area contributed by atoms with Crippen LogP contribution in [0, 0.1) is 17.8 Å². The molecular formula is C16H20N2O4S. The van der Waals surface area contributed by atoms with E-state index in [2.05, 4.69) is 17.5 Å². The summed E-state index contributed by atoms with van der Waals surface area (Å²) in [6.07, 6.45) is 6.30. The molecule has 3 atom stereocenters. The molecule has 6 nitrogen and oxygen atoms in total. The molecule has 0 saturated heterocycles. The van der Waals surface area contributed by atoms with Crippen molar-refractivity contribution in [3.63, 3.8) is 0 Å². The van der Waals surface area contributed by atoms with Gasteiger partial charge in [-0.05, 0) is 48.9 Å². The van der Waals surface area contributed by atoms with E-state index in [0.29, 0.717) is 17.5 Å². The number of nitrogens with zero attached hydrogens (tertiary/aromatic N) is 1. The van der Waals surface area contributed by atoms with Gasteiger partial charge in [0, 0.05) is 18.7 Å². The fourth-order valence-corrected chi connectivity index (χ4v) is 4.25. The van der Waals surface area contributed by atoms with Gasteiger partial charge in [-0.2, -0.15) is 0 Å².